The average molecular weight is 341 g/mol. The van der Waals surface area contributed by atoms with Crippen LogP contribution >= 0.6 is 0 Å². The molecule has 7 heteroatoms. The van der Waals surface area contributed by atoms with E-state index in [-0.39, 0.29) is 12.5 Å². The van der Waals surface area contributed by atoms with E-state index in [2.05, 4.69) is 0 Å². The van der Waals surface area contributed by atoms with Crippen LogP contribution in [0.4, 0.5) is 4.79 Å². The number of amides is 1. The molecule has 2 aliphatic rings. The molecule has 24 heavy (non-hydrogen) atoms. The second-order valence-electron chi connectivity index (χ2n) is 8.33. The Morgan fingerprint density at radius 3 is 2.04 bits per heavy atom. The third-order valence-electron chi connectivity index (χ3n) is 3.79. The van der Waals surface area contributed by atoms with Crippen LogP contribution in [0, 0.1) is 5.92 Å². The fraction of sp³-hybridized carbons (Fsp3) is 0.824. The van der Waals surface area contributed by atoms with Gasteiger partial charge in [-0.05, 0) is 48.0 Å². The SMILES string of the molecule is CC(C)(C)OC(=O)[C@H]1C[C@@H](C=O)[C@H](C2CO2)N1C(=O)OC(C)(C)C. The molecule has 136 valence electrons. The lowest BCUT2D eigenvalue weighted by molar-refractivity contribution is -0.160. The first-order chi connectivity index (χ1) is 10.9. The third-order valence-corrected chi connectivity index (χ3v) is 3.79. The number of nitrogens with zero attached hydrogens (tertiary/aromatic N) is 1. The number of rotatable bonds is 3. The molecular formula is C17H27NO6. The van der Waals surface area contributed by atoms with Crippen molar-refractivity contribution in [3.8, 4) is 0 Å². The monoisotopic (exact) mass is 341 g/mol. The standard InChI is InChI=1S/C17H27NO6/c1-16(2,3)23-14(20)11-7-10(8-19)13(12-9-22-12)18(11)15(21)24-17(4,5)6/h8,10-13H,7,9H2,1-6H3/t10-,11+,12?,13+/m0/s1. The summed E-state index contributed by atoms with van der Waals surface area (Å²) in [5.74, 6) is -0.995. The number of likely N-dealkylation sites (tertiary alicyclic amines) is 1. The molecule has 0 aromatic rings. The third kappa shape index (κ3) is 4.47. The van der Waals surface area contributed by atoms with Crippen LogP contribution in [0.25, 0.3) is 0 Å². The van der Waals surface area contributed by atoms with Gasteiger partial charge in [0.05, 0.1) is 12.6 Å². The molecule has 2 heterocycles. The molecule has 1 amide bonds. The lowest BCUT2D eigenvalue weighted by Gasteiger charge is -2.32. The van der Waals surface area contributed by atoms with Crippen molar-refractivity contribution in [2.75, 3.05) is 6.61 Å². The molecular weight excluding hydrogens is 314 g/mol. The molecule has 0 aromatic heterocycles. The fourth-order valence-corrected chi connectivity index (χ4v) is 2.91. The van der Waals surface area contributed by atoms with Gasteiger partial charge in [-0.3, -0.25) is 4.90 Å². The molecule has 0 N–H and O–H groups in total. The quantitative estimate of drug-likeness (QED) is 0.443. The van der Waals surface area contributed by atoms with Gasteiger partial charge in [0.25, 0.3) is 0 Å². The highest BCUT2D eigenvalue weighted by Gasteiger charge is 2.55. The molecule has 2 aliphatic heterocycles. The van der Waals surface area contributed by atoms with Gasteiger partial charge in [-0.1, -0.05) is 0 Å². The Bertz CT molecular complexity index is 514. The summed E-state index contributed by atoms with van der Waals surface area (Å²) >= 11 is 0. The minimum absolute atomic E-state index is 0.224. The Morgan fingerprint density at radius 1 is 1.08 bits per heavy atom. The maximum atomic E-state index is 12.7. The largest absolute Gasteiger partial charge is 0.458 e. The van der Waals surface area contributed by atoms with Gasteiger partial charge in [0, 0.05) is 5.92 Å². The van der Waals surface area contributed by atoms with E-state index in [1.165, 1.54) is 4.90 Å². The summed E-state index contributed by atoms with van der Waals surface area (Å²) in [5.41, 5.74) is -1.38. The van der Waals surface area contributed by atoms with Crippen molar-refractivity contribution in [3.05, 3.63) is 0 Å². The fourth-order valence-electron chi connectivity index (χ4n) is 2.91. The van der Waals surface area contributed by atoms with Gasteiger partial charge >= 0.3 is 12.1 Å². The number of carbonyl (C=O) groups is 3. The minimum Gasteiger partial charge on any atom is -0.458 e. The van der Waals surface area contributed by atoms with Gasteiger partial charge in [-0.15, -0.1) is 0 Å². The number of aldehydes is 1. The first kappa shape index (κ1) is 18.7. The van der Waals surface area contributed by atoms with Crippen LogP contribution in [0.5, 0.6) is 0 Å². The second-order valence-corrected chi connectivity index (χ2v) is 8.33. The molecule has 1 unspecified atom stereocenters. The van der Waals surface area contributed by atoms with Gasteiger partial charge in [0.2, 0.25) is 0 Å². The summed E-state index contributed by atoms with van der Waals surface area (Å²) in [5, 5.41) is 0. The van der Waals surface area contributed by atoms with Crippen molar-refractivity contribution in [2.45, 2.75) is 77.4 Å². The normalized spacial score (nSPS) is 30.0. The summed E-state index contributed by atoms with van der Waals surface area (Å²) in [7, 11) is 0. The Hall–Kier alpha value is -1.63. The van der Waals surface area contributed by atoms with Gasteiger partial charge < -0.3 is 19.0 Å². The van der Waals surface area contributed by atoms with Gasteiger partial charge in [-0.25, -0.2) is 9.59 Å². The Labute approximate surface area is 142 Å². The minimum atomic E-state index is -0.844. The summed E-state index contributed by atoms with van der Waals surface area (Å²) in [6, 6.07) is -1.33. The van der Waals surface area contributed by atoms with Gasteiger partial charge in [0.15, 0.2) is 0 Å². The molecule has 2 rings (SSSR count). The first-order valence-electron chi connectivity index (χ1n) is 8.24. The molecule has 0 saturated carbocycles. The summed E-state index contributed by atoms with van der Waals surface area (Å²) in [6.45, 7) is 11.0. The van der Waals surface area contributed by atoms with Crippen molar-refractivity contribution in [1.82, 2.24) is 4.90 Å². The second kappa shape index (κ2) is 6.35. The number of hydrogen-bond acceptors (Lipinski definition) is 6. The molecule has 0 aliphatic carbocycles. The average Bonchev–Trinajstić information content (AvgIpc) is 3.13. The zero-order valence-corrected chi connectivity index (χ0v) is 15.2. The highest BCUT2D eigenvalue weighted by atomic mass is 16.6. The van der Waals surface area contributed by atoms with E-state index >= 15 is 0 Å². The van der Waals surface area contributed by atoms with E-state index in [0.29, 0.717) is 6.61 Å². The van der Waals surface area contributed by atoms with Crippen LogP contribution < -0.4 is 0 Å². The smallest absolute Gasteiger partial charge is 0.411 e. The molecule has 2 saturated heterocycles. The number of ether oxygens (including phenoxy) is 3. The number of hydrogen-bond donors (Lipinski definition) is 0. The number of epoxide rings is 1. The lowest BCUT2D eigenvalue weighted by atomic mass is 9.98. The van der Waals surface area contributed by atoms with Crippen molar-refractivity contribution in [2.24, 2.45) is 5.92 Å². The van der Waals surface area contributed by atoms with Crippen molar-refractivity contribution in [3.63, 3.8) is 0 Å². The van der Waals surface area contributed by atoms with Crippen LogP contribution in [0.3, 0.4) is 0 Å². The Balaban J connectivity index is 2.27. The summed E-state index contributed by atoms with van der Waals surface area (Å²) in [6.07, 6.45) is 0.152. The first-order valence-corrected chi connectivity index (χ1v) is 8.24. The van der Waals surface area contributed by atoms with E-state index in [0.717, 1.165) is 6.29 Å². The zero-order valence-electron chi connectivity index (χ0n) is 15.2. The highest BCUT2D eigenvalue weighted by Crippen LogP contribution is 2.38. The van der Waals surface area contributed by atoms with E-state index in [1.54, 1.807) is 41.5 Å². The van der Waals surface area contributed by atoms with Crippen molar-refractivity contribution in [1.29, 1.82) is 0 Å². The molecule has 0 radical (unpaired) electrons. The van der Waals surface area contributed by atoms with Crippen molar-refractivity contribution < 1.29 is 28.6 Å². The van der Waals surface area contributed by atoms with Crippen LogP contribution in [-0.4, -0.2) is 59.2 Å². The molecule has 0 aromatic carbocycles. The highest BCUT2D eigenvalue weighted by molar-refractivity contribution is 5.84. The van der Waals surface area contributed by atoms with E-state index in [1.807, 2.05) is 0 Å². The van der Waals surface area contributed by atoms with Crippen LogP contribution in [0.2, 0.25) is 0 Å². The van der Waals surface area contributed by atoms with Crippen LogP contribution in [-0.2, 0) is 23.8 Å². The number of esters is 1. The predicted octanol–water partition coefficient (Wildman–Crippen LogP) is 1.92. The van der Waals surface area contributed by atoms with Gasteiger partial charge in [0.1, 0.15) is 29.6 Å². The molecule has 0 bridgehead atoms. The summed E-state index contributed by atoms with van der Waals surface area (Å²) < 4.78 is 16.2. The Morgan fingerprint density at radius 2 is 1.62 bits per heavy atom. The van der Waals surface area contributed by atoms with E-state index in [9.17, 15) is 14.4 Å². The topological polar surface area (TPSA) is 85.4 Å². The Kier molecular flexibility index (Phi) is 4.95. The van der Waals surface area contributed by atoms with Crippen LogP contribution in [0.15, 0.2) is 0 Å². The molecule has 0 spiro atoms. The van der Waals surface area contributed by atoms with Crippen molar-refractivity contribution >= 4 is 18.3 Å². The van der Waals surface area contributed by atoms with E-state index < -0.39 is 41.3 Å². The van der Waals surface area contributed by atoms with E-state index in [4.69, 9.17) is 14.2 Å². The maximum Gasteiger partial charge on any atom is 0.411 e. The number of carbonyl (C=O) groups excluding carboxylic acids is 3. The molecule has 2 fully saturated rings. The maximum absolute atomic E-state index is 12.7. The van der Waals surface area contributed by atoms with Gasteiger partial charge in [-0.2, -0.15) is 0 Å². The zero-order chi connectivity index (χ0) is 18.3. The predicted molar refractivity (Wildman–Crippen MR) is 85.4 cm³/mol. The summed E-state index contributed by atoms with van der Waals surface area (Å²) in [4.78, 5) is 38.0. The van der Waals surface area contributed by atoms with Crippen LogP contribution in [0.1, 0.15) is 48.0 Å². The molecule has 7 nitrogen and oxygen atoms in total. The molecule has 4 atom stereocenters. The lowest BCUT2D eigenvalue weighted by Crippen LogP contribution is -2.51.